The molecule has 1 saturated carbocycles. The summed E-state index contributed by atoms with van der Waals surface area (Å²) in [6.07, 6.45) is 8.80. The molecule has 1 heterocycles. The van der Waals surface area contributed by atoms with Crippen LogP contribution in [0, 0.1) is 0 Å². The Morgan fingerprint density at radius 3 is 2.21 bits per heavy atom. The number of hydrogen-bond acceptors (Lipinski definition) is 3. The molecule has 1 aromatic carbocycles. The normalized spacial score (nSPS) is 21.4. The highest BCUT2D eigenvalue weighted by Crippen LogP contribution is 2.45. The predicted octanol–water partition coefficient (Wildman–Crippen LogP) is 3.39. The molecule has 0 unspecified atom stereocenters. The molecule has 0 bridgehead atoms. The van der Waals surface area contributed by atoms with Gasteiger partial charge >= 0.3 is 0 Å². The molecular formula is C16H20N2O. The van der Waals surface area contributed by atoms with Crippen molar-refractivity contribution in [2.75, 3.05) is 18.0 Å². The Labute approximate surface area is 114 Å². The van der Waals surface area contributed by atoms with E-state index in [0.717, 1.165) is 32.4 Å². The van der Waals surface area contributed by atoms with Crippen LogP contribution in [-0.4, -0.2) is 19.2 Å². The largest absolute Gasteiger partial charge is 0.372 e. The number of isocyanates is 1. The van der Waals surface area contributed by atoms with E-state index in [0.29, 0.717) is 0 Å². The average molecular weight is 256 g/mol. The van der Waals surface area contributed by atoms with Crippen molar-refractivity contribution in [2.24, 2.45) is 4.99 Å². The highest BCUT2D eigenvalue weighted by molar-refractivity contribution is 5.50. The van der Waals surface area contributed by atoms with Crippen LogP contribution < -0.4 is 4.90 Å². The van der Waals surface area contributed by atoms with E-state index >= 15 is 0 Å². The van der Waals surface area contributed by atoms with E-state index < -0.39 is 0 Å². The van der Waals surface area contributed by atoms with Crippen molar-refractivity contribution in [3.8, 4) is 0 Å². The Bertz CT molecular complexity index is 478. The molecule has 100 valence electrons. The van der Waals surface area contributed by atoms with Gasteiger partial charge in [0.05, 0.1) is 5.54 Å². The predicted molar refractivity (Wildman–Crippen MR) is 76.2 cm³/mol. The topological polar surface area (TPSA) is 32.7 Å². The maximum absolute atomic E-state index is 10.6. The van der Waals surface area contributed by atoms with Gasteiger partial charge in [-0.1, -0.05) is 12.1 Å². The summed E-state index contributed by atoms with van der Waals surface area (Å²) >= 11 is 0. The number of nitrogens with zero attached hydrogens (tertiary/aromatic N) is 2. The first-order valence-corrected chi connectivity index (χ1v) is 7.29. The second-order valence-corrected chi connectivity index (χ2v) is 5.68. The molecule has 0 aromatic heterocycles. The van der Waals surface area contributed by atoms with Gasteiger partial charge in [-0.25, -0.2) is 4.79 Å². The van der Waals surface area contributed by atoms with E-state index in [-0.39, 0.29) is 5.54 Å². The first-order valence-electron chi connectivity index (χ1n) is 7.29. The van der Waals surface area contributed by atoms with E-state index in [4.69, 9.17) is 0 Å². The molecule has 1 saturated heterocycles. The van der Waals surface area contributed by atoms with Gasteiger partial charge in [0.15, 0.2) is 0 Å². The lowest BCUT2D eigenvalue weighted by Gasteiger charge is -2.37. The third-order valence-corrected chi connectivity index (χ3v) is 4.57. The monoisotopic (exact) mass is 256 g/mol. The van der Waals surface area contributed by atoms with Crippen molar-refractivity contribution in [1.29, 1.82) is 0 Å². The van der Waals surface area contributed by atoms with Gasteiger partial charge in [-0.2, -0.15) is 4.99 Å². The van der Waals surface area contributed by atoms with Crippen molar-refractivity contribution >= 4 is 11.8 Å². The van der Waals surface area contributed by atoms with Gasteiger partial charge in [-0.3, -0.25) is 0 Å². The fourth-order valence-electron chi connectivity index (χ4n) is 3.20. The number of rotatable bonds is 3. The number of carbonyl (C=O) groups excluding carboxylic acids is 1. The zero-order valence-corrected chi connectivity index (χ0v) is 11.3. The molecular weight excluding hydrogens is 236 g/mol. The van der Waals surface area contributed by atoms with Crippen molar-refractivity contribution in [1.82, 2.24) is 0 Å². The van der Waals surface area contributed by atoms with Crippen LogP contribution in [0.15, 0.2) is 29.3 Å². The van der Waals surface area contributed by atoms with Crippen molar-refractivity contribution in [2.45, 2.75) is 44.1 Å². The Kier molecular flexibility index (Phi) is 3.39. The summed E-state index contributed by atoms with van der Waals surface area (Å²) in [5.74, 6) is 0. The highest BCUT2D eigenvalue weighted by Gasteiger charge is 2.38. The summed E-state index contributed by atoms with van der Waals surface area (Å²) in [5, 5.41) is 0. The van der Waals surface area contributed by atoms with Crippen molar-refractivity contribution in [3.05, 3.63) is 29.8 Å². The highest BCUT2D eigenvalue weighted by atomic mass is 16.1. The minimum atomic E-state index is -0.262. The maximum atomic E-state index is 10.6. The fourth-order valence-corrected chi connectivity index (χ4v) is 3.20. The van der Waals surface area contributed by atoms with Gasteiger partial charge in [0.2, 0.25) is 6.08 Å². The van der Waals surface area contributed by atoms with E-state index in [9.17, 15) is 4.79 Å². The molecule has 19 heavy (non-hydrogen) atoms. The second kappa shape index (κ2) is 5.18. The van der Waals surface area contributed by atoms with Crippen LogP contribution in [0.5, 0.6) is 0 Å². The number of hydrogen-bond donors (Lipinski definition) is 0. The zero-order chi connectivity index (χ0) is 13.1. The summed E-state index contributed by atoms with van der Waals surface area (Å²) in [4.78, 5) is 17.1. The Morgan fingerprint density at radius 2 is 1.68 bits per heavy atom. The lowest BCUT2D eigenvalue weighted by atomic mass is 9.72. The molecule has 0 amide bonds. The number of benzene rings is 1. The Morgan fingerprint density at radius 1 is 1.00 bits per heavy atom. The minimum Gasteiger partial charge on any atom is -0.372 e. The van der Waals surface area contributed by atoms with Crippen LogP contribution in [0.2, 0.25) is 0 Å². The molecule has 0 atom stereocenters. The molecule has 0 spiro atoms. The fraction of sp³-hybridized carbons (Fsp3) is 0.562. The van der Waals surface area contributed by atoms with Gasteiger partial charge in [-0.15, -0.1) is 0 Å². The van der Waals surface area contributed by atoms with Crippen LogP contribution in [0.1, 0.15) is 44.1 Å². The van der Waals surface area contributed by atoms with Crippen LogP contribution in [0.25, 0.3) is 0 Å². The minimum absolute atomic E-state index is 0.262. The standard InChI is InChI=1S/C16H20N2O/c19-13-17-16(9-4-10-16)14-5-7-15(8-6-14)18-11-2-1-3-12-18/h5-8H,1-4,9-12H2. The van der Waals surface area contributed by atoms with E-state index in [1.807, 2.05) is 0 Å². The Hall–Kier alpha value is -1.60. The van der Waals surface area contributed by atoms with E-state index in [1.165, 1.54) is 30.5 Å². The second-order valence-electron chi connectivity index (χ2n) is 5.68. The molecule has 1 aliphatic heterocycles. The summed E-state index contributed by atoms with van der Waals surface area (Å²) < 4.78 is 0. The molecule has 3 heteroatoms. The maximum Gasteiger partial charge on any atom is 0.235 e. The molecule has 2 fully saturated rings. The van der Waals surface area contributed by atoms with Gasteiger partial charge in [0, 0.05) is 18.8 Å². The average Bonchev–Trinajstić information content (AvgIpc) is 2.44. The van der Waals surface area contributed by atoms with Gasteiger partial charge in [-0.05, 0) is 56.2 Å². The third kappa shape index (κ3) is 2.31. The summed E-state index contributed by atoms with van der Waals surface area (Å²) in [7, 11) is 0. The molecule has 0 radical (unpaired) electrons. The smallest absolute Gasteiger partial charge is 0.235 e. The molecule has 3 rings (SSSR count). The van der Waals surface area contributed by atoms with Crippen molar-refractivity contribution in [3.63, 3.8) is 0 Å². The zero-order valence-electron chi connectivity index (χ0n) is 11.3. The number of aliphatic imine (C=N–C) groups is 1. The lowest BCUT2D eigenvalue weighted by molar-refractivity contribution is 0.256. The Balaban J connectivity index is 1.80. The number of anilines is 1. The van der Waals surface area contributed by atoms with Crippen LogP contribution in [-0.2, 0) is 10.3 Å². The van der Waals surface area contributed by atoms with Crippen LogP contribution in [0.4, 0.5) is 5.69 Å². The summed E-state index contributed by atoms with van der Waals surface area (Å²) in [6, 6.07) is 8.65. The molecule has 1 aliphatic carbocycles. The molecule has 0 N–H and O–H groups in total. The first kappa shape index (κ1) is 12.4. The first-order chi connectivity index (χ1) is 9.34. The molecule has 1 aromatic rings. The molecule has 3 nitrogen and oxygen atoms in total. The third-order valence-electron chi connectivity index (χ3n) is 4.57. The quantitative estimate of drug-likeness (QED) is 0.613. The van der Waals surface area contributed by atoms with Gasteiger partial charge < -0.3 is 4.90 Å². The summed E-state index contributed by atoms with van der Waals surface area (Å²) in [5.41, 5.74) is 2.21. The van der Waals surface area contributed by atoms with E-state index in [2.05, 4.69) is 34.2 Å². The summed E-state index contributed by atoms with van der Waals surface area (Å²) in [6.45, 7) is 2.33. The van der Waals surface area contributed by atoms with Crippen molar-refractivity contribution < 1.29 is 4.79 Å². The number of piperidine rings is 1. The van der Waals surface area contributed by atoms with Gasteiger partial charge in [0.1, 0.15) is 0 Å². The van der Waals surface area contributed by atoms with Crippen LogP contribution in [0.3, 0.4) is 0 Å². The van der Waals surface area contributed by atoms with Gasteiger partial charge in [0.25, 0.3) is 0 Å². The lowest BCUT2D eigenvalue weighted by Crippen LogP contribution is -2.32. The van der Waals surface area contributed by atoms with Crippen LogP contribution >= 0.6 is 0 Å². The van der Waals surface area contributed by atoms with E-state index in [1.54, 1.807) is 6.08 Å². The SMILES string of the molecule is O=C=NC1(c2ccc(N3CCCCC3)cc2)CCC1. The molecule has 2 aliphatic rings.